The van der Waals surface area contributed by atoms with E-state index in [0.717, 1.165) is 5.56 Å². The standard InChI is InChI=1S/C20H24N2O6S/c1-26-14-15-4-3-5-16(12-15)20(23)21-17-6-7-18(27-2)19(13-17)29(24,25)22-8-10-28-11-9-22/h3-7,12-13H,8-11,14H2,1-2H3,(H,21,23). The maximum absolute atomic E-state index is 13.1. The first-order valence-corrected chi connectivity index (χ1v) is 10.5. The van der Waals surface area contributed by atoms with E-state index in [1.807, 2.05) is 6.07 Å². The Morgan fingerprint density at radius 2 is 1.90 bits per heavy atom. The molecule has 0 saturated carbocycles. The summed E-state index contributed by atoms with van der Waals surface area (Å²) in [6.45, 7) is 1.62. The average molecular weight is 420 g/mol. The maximum Gasteiger partial charge on any atom is 0.255 e. The molecule has 3 rings (SSSR count). The molecule has 156 valence electrons. The fourth-order valence-electron chi connectivity index (χ4n) is 3.05. The molecule has 2 aromatic rings. The number of benzene rings is 2. The molecule has 0 aliphatic carbocycles. The zero-order chi connectivity index (χ0) is 20.9. The third-order valence-corrected chi connectivity index (χ3v) is 6.43. The molecule has 1 fully saturated rings. The van der Waals surface area contributed by atoms with Crippen LogP contribution in [0.4, 0.5) is 5.69 Å². The fraction of sp³-hybridized carbons (Fsp3) is 0.350. The van der Waals surface area contributed by atoms with Crippen molar-refractivity contribution in [2.75, 3.05) is 45.8 Å². The van der Waals surface area contributed by atoms with Crippen molar-refractivity contribution < 1.29 is 27.4 Å². The summed E-state index contributed by atoms with van der Waals surface area (Å²) in [6.07, 6.45) is 0. The first kappa shape index (κ1) is 21.3. The summed E-state index contributed by atoms with van der Waals surface area (Å²) in [7, 11) is -0.787. The molecule has 8 nitrogen and oxygen atoms in total. The topological polar surface area (TPSA) is 94.2 Å². The number of morpholine rings is 1. The smallest absolute Gasteiger partial charge is 0.255 e. The average Bonchev–Trinajstić information content (AvgIpc) is 2.74. The minimum Gasteiger partial charge on any atom is -0.495 e. The van der Waals surface area contributed by atoms with Gasteiger partial charge in [0.1, 0.15) is 10.6 Å². The number of methoxy groups -OCH3 is 2. The molecule has 2 aromatic carbocycles. The van der Waals surface area contributed by atoms with Gasteiger partial charge in [-0.1, -0.05) is 12.1 Å². The van der Waals surface area contributed by atoms with E-state index in [2.05, 4.69) is 5.32 Å². The van der Waals surface area contributed by atoms with Crippen LogP contribution in [-0.2, 0) is 26.1 Å². The Morgan fingerprint density at radius 1 is 1.14 bits per heavy atom. The lowest BCUT2D eigenvalue weighted by Crippen LogP contribution is -2.40. The summed E-state index contributed by atoms with van der Waals surface area (Å²) in [4.78, 5) is 12.6. The number of hydrogen-bond acceptors (Lipinski definition) is 6. The normalized spacial score (nSPS) is 15.1. The molecule has 0 unspecified atom stereocenters. The molecule has 29 heavy (non-hydrogen) atoms. The second kappa shape index (κ2) is 9.36. The Kier molecular flexibility index (Phi) is 6.86. The fourth-order valence-corrected chi connectivity index (χ4v) is 4.64. The van der Waals surface area contributed by atoms with E-state index >= 15 is 0 Å². The molecule has 1 aliphatic heterocycles. The van der Waals surface area contributed by atoms with Crippen LogP contribution in [0.2, 0.25) is 0 Å². The van der Waals surface area contributed by atoms with E-state index in [1.54, 1.807) is 31.4 Å². The van der Waals surface area contributed by atoms with Gasteiger partial charge < -0.3 is 19.5 Å². The lowest BCUT2D eigenvalue weighted by molar-refractivity contribution is 0.0729. The van der Waals surface area contributed by atoms with E-state index in [1.165, 1.54) is 23.5 Å². The second-order valence-corrected chi connectivity index (χ2v) is 8.38. The van der Waals surface area contributed by atoms with Gasteiger partial charge in [0.2, 0.25) is 10.0 Å². The number of sulfonamides is 1. The monoisotopic (exact) mass is 420 g/mol. The van der Waals surface area contributed by atoms with E-state index in [0.29, 0.717) is 31.1 Å². The highest BCUT2D eigenvalue weighted by Gasteiger charge is 2.29. The molecular weight excluding hydrogens is 396 g/mol. The molecule has 1 N–H and O–H groups in total. The third-order valence-electron chi connectivity index (χ3n) is 4.51. The number of anilines is 1. The van der Waals surface area contributed by atoms with Crippen molar-refractivity contribution in [2.45, 2.75) is 11.5 Å². The van der Waals surface area contributed by atoms with Gasteiger partial charge in [-0.2, -0.15) is 4.31 Å². The zero-order valence-corrected chi connectivity index (χ0v) is 17.2. The Bertz CT molecular complexity index is 971. The number of carbonyl (C=O) groups excluding carboxylic acids is 1. The highest BCUT2D eigenvalue weighted by molar-refractivity contribution is 7.89. The van der Waals surface area contributed by atoms with Crippen molar-refractivity contribution in [3.63, 3.8) is 0 Å². The van der Waals surface area contributed by atoms with Crippen LogP contribution in [0, 0.1) is 0 Å². The van der Waals surface area contributed by atoms with Crippen LogP contribution in [0.3, 0.4) is 0 Å². The Morgan fingerprint density at radius 3 is 2.59 bits per heavy atom. The van der Waals surface area contributed by atoms with Gasteiger partial charge in [0.05, 0.1) is 26.9 Å². The summed E-state index contributed by atoms with van der Waals surface area (Å²) < 4.78 is 43.0. The van der Waals surface area contributed by atoms with Crippen molar-refractivity contribution in [3.8, 4) is 5.75 Å². The van der Waals surface area contributed by atoms with Crippen LogP contribution < -0.4 is 10.1 Å². The molecule has 0 radical (unpaired) electrons. The van der Waals surface area contributed by atoms with Gasteiger partial charge in [-0.05, 0) is 35.9 Å². The van der Waals surface area contributed by atoms with Crippen molar-refractivity contribution in [1.29, 1.82) is 0 Å². The summed E-state index contributed by atoms with van der Waals surface area (Å²) in [5, 5.41) is 2.75. The number of hydrogen-bond donors (Lipinski definition) is 1. The van der Waals surface area contributed by atoms with Crippen molar-refractivity contribution in [1.82, 2.24) is 4.31 Å². The summed E-state index contributed by atoms with van der Waals surface area (Å²) in [5.41, 5.74) is 1.68. The molecule has 1 heterocycles. The zero-order valence-electron chi connectivity index (χ0n) is 16.4. The maximum atomic E-state index is 13.1. The van der Waals surface area contributed by atoms with Gasteiger partial charge in [-0.25, -0.2) is 8.42 Å². The largest absolute Gasteiger partial charge is 0.495 e. The van der Waals surface area contributed by atoms with Crippen LogP contribution in [-0.4, -0.2) is 59.2 Å². The van der Waals surface area contributed by atoms with Gasteiger partial charge >= 0.3 is 0 Å². The minimum atomic E-state index is -3.78. The van der Waals surface area contributed by atoms with Crippen molar-refractivity contribution >= 4 is 21.6 Å². The van der Waals surface area contributed by atoms with Crippen LogP contribution in [0.5, 0.6) is 5.75 Å². The van der Waals surface area contributed by atoms with Gasteiger partial charge in [0, 0.05) is 31.5 Å². The van der Waals surface area contributed by atoms with Gasteiger partial charge in [0.15, 0.2) is 0 Å². The van der Waals surface area contributed by atoms with Gasteiger partial charge in [0.25, 0.3) is 5.91 Å². The quantitative estimate of drug-likeness (QED) is 0.737. The van der Waals surface area contributed by atoms with Crippen LogP contribution >= 0.6 is 0 Å². The first-order chi connectivity index (χ1) is 14.0. The summed E-state index contributed by atoms with van der Waals surface area (Å²) >= 11 is 0. The molecule has 0 atom stereocenters. The molecule has 0 spiro atoms. The SMILES string of the molecule is COCc1cccc(C(=O)Nc2ccc(OC)c(S(=O)(=O)N3CCOCC3)c2)c1. The lowest BCUT2D eigenvalue weighted by Gasteiger charge is -2.26. The molecule has 1 saturated heterocycles. The number of ether oxygens (including phenoxy) is 3. The molecule has 0 aromatic heterocycles. The predicted octanol–water partition coefficient (Wildman–Crippen LogP) is 2.11. The van der Waals surface area contributed by atoms with E-state index in [4.69, 9.17) is 14.2 Å². The van der Waals surface area contributed by atoms with E-state index < -0.39 is 10.0 Å². The minimum absolute atomic E-state index is 0.00725. The number of rotatable bonds is 7. The van der Waals surface area contributed by atoms with Crippen molar-refractivity contribution in [2.24, 2.45) is 0 Å². The van der Waals surface area contributed by atoms with Crippen LogP contribution in [0.1, 0.15) is 15.9 Å². The summed E-state index contributed by atoms with van der Waals surface area (Å²) in [5.74, 6) is -0.126. The highest BCUT2D eigenvalue weighted by Crippen LogP contribution is 2.30. The molecule has 1 amide bonds. The van der Waals surface area contributed by atoms with Crippen molar-refractivity contribution in [3.05, 3.63) is 53.6 Å². The molecular formula is C20H24N2O6S. The first-order valence-electron chi connectivity index (χ1n) is 9.11. The Hall–Kier alpha value is -2.46. The number of amides is 1. The third kappa shape index (κ3) is 4.94. The van der Waals surface area contributed by atoms with E-state index in [-0.39, 0.29) is 29.6 Å². The number of nitrogens with one attached hydrogen (secondary N) is 1. The summed E-state index contributed by atoms with van der Waals surface area (Å²) in [6, 6.07) is 11.6. The van der Waals surface area contributed by atoms with Crippen LogP contribution in [0.25, 0.3) is 0 Å². The highest BCUT2D eigenvalue weighted by atomic mass is 32.2. The van der Waals surface area contributed by atoms with Gasteiger partial charge in [-0.15, -0.1) is 0 Å². The van der Waals surface area contributed by atoms with Gasteiger partial charge in [-0.3, -0.25) is 4.79 Å². The molecule has 0 bridgehead atoms. The Labute approximate surface area is 170 Å². The lowest BCUT2D eigenvalue weighted by atomic mass is 10.1. The number of carbonyl (C=O) groups is 1. The Balaban J connectivity index is 1.86. The number of nitrogens with zero attached hydrogens (tertiary/aromatic N) is 1. The predicted molar refractivity (Wildman–Crippen MR) is 108 cm³/mol. The van der Waals surface area contributed by atoms with E-state index in [9.17, 15) is 13.2 Å². The molecule has 1 aliphatic rings. The molecule has 9 heteroatoms. The second-order valence-electron chi connectivity index (χ2n) is 6.47. The van der Waals surface area contributed by atoms with Crippen LogP contribution in [0.15, 0.2) is 47.4 Å².